The van der Waals surface area contributed by atoms with Crippen molar-refractivity contribution >= 4 is 40.7 Å². The van der Waals surface area contributed by atoms with E-state index in [2.05, 4.69) is 15.3 Å². The molecule has 0 saturated carbocycles. The zero-order valence-electron chi connectivity index (χ0n) is 6.97. The van der Waals surface area contributed by atoms with Gasteiger partial charge in [-0.3, -0.25) is 9.63 Å². The van der Waals surface area contributed by atoms with E-state index in [1.54, 1.807) is 0 Å². The Kier molecular flexibility index (Phi) is 3.95. The van der Waals surface area contributed by atoms with Gasteiger partial charge in [-0.25, -0.2) is 10.5 Å². The van der Waals surface area contributed by atoms with Gasteiger partial charge in [0.25, 0.3) is 5.91 Å². The highest BCUT2D eigenvalue weighted by molar-refractivity contribution is 6.48. The number of hydroxylamine groups is 1. The summed E-state index contributed by atoms with van der Waals surface area (Å²) in [5, 5.41) is 0.268. The molecular weight excluding hydrogens is 250 g/mol. The van der Waals surface area contributed by atoms with Crippen LogP contribution in [0.2, 0.25) is 15.1 Å². The fourth-order valence-corrected chi connectivity index (χ4v) is 1.31. The van der Waals surface area contributed by atoms with Gasteiger partial charge in [-0.05, 0) is 0 Å². The van der Waals surface area contributed by atoms with E-state index in [9.17, 15) is 4.79 Å². The van der Waals surface area contributed by atoms with Gasteiger partial charge in [-0.2, -0.15) is 0 Å². The van der Waals surface area contributed by atoms with Gasteiger partial charge < -0.3 is 0 Å². The smallest absolute Gasteiger partial charge is 0.277 e. The third-order valence-electron chi connectivity index (χ3n) is 1.33. The van der Waals surface area contributed by atoms with Crippen molar-refractivity contribution in [3.8, 4) is 0 Å². The van der Waals surface area contributed by atoms with E-state index in [1.165, 1.54) is 13.3 Å². The first kappa shape index (κ1) is 11.5. The van der Waals surface area contributed by atoms with Crippen LogP contribution < -0.4 is 5.48 Å². The first-order chi connectivity index (χ1) is 6.57. The van der Waals surface area contributed by atoms with Crippen molar-refractivity contribution in [2.75, 3.05) is 7.11 Å². The summed E-state index contributed by atoms with van der Waals surface area (Å²) in [6.45, 7) is 0. The standard InChI is InChI=1S/C7H5Cl3N2O2/c1-14-12-7(13)6-5(10)4(9)3(8)2-11-6/h2H,1H3,(H,12,13). The van der Waals surface area contributed by atoms with E-state index in [-0.39, 0.29) is 20.8 Å². The molecule has 0 aliphatic rings. The second-order valence-electron chi connectivity index (χ2n) is 2.22. The Bertz CT molecular complexity index is 370. The quantitative estimate of drug-likeness (QED) is 0.825. The summed E-state index contributed by atoms with van der Waals surface area (Å²) in [6, 6.07) is 0. The minimum Gasteiger partial charge on any atom is -0.277 e. The molecule has 0 aliphatic carbocycles. The lowest BCUT2D eigenvalue weighted by Gasteiger charge is -2.05. The summed E-state index contributed by atoms with van der Waals surface area (Å²) in [4.78, 5) is 19.4. The predicted molar refractivity (Wildman–Crippen MR) is 53.7 cm³/mol. The lowest BCUT2D eigenvalue weighted by molar-refractivity contribution is 0.0532. The van der Waals surface area contributed by atoms with Crippen molar-refractivity contribution in [2.45, 2.75) is 0 Å². The Morgan fingerprint density at radius 2 is 2.07 bits per heavy atom. The molecule has 76 valence electrons. The lowest BCUT2D eigenvalue weighted by Crippen LogP contribution is -2.23. The van der Waals surface area contributed by atoms with E-state index in [0.717, 1.165) is 0 Å². The minimum absolute atomic E-state index is 0.00582. The zero-order chi connectivity index (χ0) is 10.7. The number of hydrogen-bond acceptors (Lipinski definition) is 3. The molecule has 1 amide bonds. The third kappa shape index (κ3) is 2.27. The SMILES string of the molecule is CONC(=O)c1ncc(Cl)c(Cl)c1Cl. The van der Waals surface area contributed by atoms with Crippen LogP contribution >= 0.6 is 34.8 Å². The van der Waals surface area contributed by atoms with Crippen LogP contribution in [0.15, 0.2) is 6.20 Å². The van der Waals surface area contributed by atoms with E-state index < -0.39 is 5.91 Å². The number of halogens is 3. The molecule has 0 spiro atoms. The van der Waals surface area contributed by atoms with Crippen LogP contribution in [0.5, 0.6) is 0 Å². The number of nitrogens with zero attached hydrogens (tertiary/aromatic N) is 1. The Morgan fingerprint density at radius 3 is 2.64 bits per heavy atom. The van der Waals surface area contributed by atoms with Gasteiger partial charge in [0.1, 0.15) is 0 Å². The molecule has 1 aromatic heterocycles. The molecule has 0 aromatic carbocycles. The molecule has 0 bridgehead atoms. The average molecular weight is 255 g/mol. The maximum atomic E-state index is 11.2. The largest absolute Gasteiger partial charge is 0.295 e. The maximum absolute atomic E-state index is 11.2. The second-order valence-corrected chi connectivity index (χ2v) is 3.38. The van der Waals surface area contributed by atoms with Gasteiger partial charge in [-0.15, -0.1) is 0 Å². The highest BCUT2D eigenvalue weighted by Gasteiger charge is 2.16. The topological polar surface area (TPSA) is 51.2 Å². The Balaban J connectivity index is 3.11. The molecule has 1 heterocycles. The number of rotatable bonds is 2. The first-order valence-electron chi connectivity index (χ1n) is 3.40. The van der Waals surface area contributed by atoms with Crippen LogP contribution in [0.4, 0.5) is 0 Å². The molecule has 0 aliphatic heterocycles. The number of aromatic nitrogens is 1. The molecule has 0 radical (unpaired) electrons. The van der Waals surface area contributed by atoms with Crippen LogP contribution in [-0.4, -0.2) is 18.0 Å². The Hall–Kier alpha value is -0.550. The molecular formula is C7H5Cl3N2O2. The number of nitrogens with one attached hydrogen (secondary N) is 1. The highest BCUT2D eigenvalue weighted by Crippen LogP contribution is 2.30. The van der Waals surface area contributed by atoms with Crippen LogP contribution in [0.3, 0.4) is 0 Å². The summed E-state index contributed by atoms with van der Waals surface area (Å²) in [5.74, 6) is -0.587. The normalized spacial score (nSPS) is 10.0. The van der Waals surface area contributed by atoms with Gasteiger partial charge in [0.05, 0.1) is 22.2 Å². The predicted octanol–water partition coefficient (Wildman–Crippen LogP) is 2.33. The number of carbonyl (C=O) groups excluding carboxylic acids is 1. The lowest BCUT2D eigenvalue weighted by atomic mass is 10.3. The summed E-state index contributed by atoms with van der Waals surface area (Å²) in [5.41, 5.74) is 2.02. The number of amides is 1. The summed E-state index contributed by atoms with van der Waals surface area (Å²) < 4.78 is 0. The number of carbonyl (C=O) groups is 1. The van der Waals surface area contributed by atoms with Crippen LogP contribution in [0, 0.1) is 0 Å². The summed E-state index contributed by atoms with van der Waals surface area (Å²) >= 11 is 17.1. The van der Waals surface area contributed by atoms with E-state index in [1.807, 2.05) is 0 Å². The van der Waals surface area contributed by atoms with E-state index in [0.29, 0.717) is 0 Å². The van der Waals surface area contributed by atoms with Crippen molar-refractivity contribution in [1.29, 1.82) is 0 Å². The van der Waals surface area contributed by atoms with Crippen molar-refractivity contribution < 1.29 is 9.63 Å². The fraction of sp³-hybridized carbons (Fsp3) is 0.143. The molecule has 14 heavy (non-hydrogen) atoms. The molecule has 0 atom stereocenters. The number of hydrogen-bond donors (Lipinski definition) is 1. The molecule has 1 N–H and O–H groups in total. The number of pyridine rings is 1. The molecule has 4 nitrogen and oxygen atoms in total. The second kappa shape index (κ2) is 4.79. The van der Waals surface area contributed by atoms with Crippen molar-refractivity contribution in [3.63, 3.8) is 0 Å². The van der Waals surface area contributed by atoms with Gasteiger partial charge in [0.15, 0.2) is 5.69 Å². The van der Waals surface area contributed by atoms with Crippen LogP contribution in [-0.2, 0) is 4.84 Å². The first-order valence-corrected chi connectivity index (χ1v) is 4.54. The summed E-state index contributed by atoms with van der Waals surface area (Å²) in [7, 11) is 1.29. The zero-order valence-corrected chi connectivity index (χ0v) is 9.24. The van der Waals surface area contributed by atoms with Crippen LogP contribution in [0.1, 0.15) is 10.5 Å². The monoisotopic (exact) mass is 254 g/mol. The average Bonchev–Trinajstić information content (AvgIpc) is 2.15. The molecule has 0 saturated heterocycles. The molecule has 1 rings (SSSR count). The highest BCUT2D eigenvalue weighted by atomic mass is 35.5. The maximum Gasteiger partial charge on any atom is 0.295 e. The van der Waals surface area contributed by atoms with Gasteiger partial charge in [0, 0.05) is 6.20 Å². The third-order valence-corrected chi connectivity index (χ3v) is 2.57. The minimum atomic E-state index is -0.587. The van der Waals surface area contributed by atoms with E-state index in [4.69, 9.17) is 34.8 Å². The van der Waals surface area contributed by atoms with Crippen molar-refractivity contribution in [3.05, 3.63) is 27.0 Å². The van der Waals surface area contributed by atoms with Gasteiger partial charge >= 0.3 is 0 Å². The molecule has 0 fully saturated rings. The Labute approximate surface area is 95.1 Å². The van der Waals surface area contributed by atoms with Crippen molar-refractivity contribution in [2.24, 2.45) is 0 Å². The van der Waals surface area contributed by atoms with Gasteiger partial charge in [0.2, 0.25) is 0 Å². The van der Waals surface area contributed by atoms with E-state index >= 15 is 0 Å². The molecule has 7 heteroatoms. The molecule has 1 aromatic rings. The fourth-order valence-electron chi connectivity index (χ4n) is 0.743. The summed E-state index contributed by atoms with van der Waals surface area (Å²) in [6.07, 6.45) is 1.24. The van der Waals surface area contributed by atoms with Gasteiger partial charge in [-0.1, -0.05) is 34.8 Å². The molecule has 0 unspecified atom stereocenters. The van der Waals surface area contributed by atoms with Crippen molar-refractivity contribution in [1.82, 2.24) is 10.5 Å². The van der Waals surface area contributed by atoms with Crippen LogP contribution in [0.25, 0.3) is 0 Å². The Morgan fingerprint density at radius 1 is 1.43 bits per heavy atom.